The van der Waals surface area contributed by atoms with E-state index in [1.165, 1.54) is 0 Å². The minimum atomic E-state index is 0.0351. The minimum Gasteiger partial charge on any atom is -0.497 e. The summed E-state index contributed by atoms with van der Waals surface area (Å²) in [6.45, 7) is 3.27. The second kappa shape index (κ2) is 11.2. The predicted octanol–water partition coefficient (Wildman–Crippen LogP) is 3.92. The maximum absolute atomic E-state index is 12.0. The summed E-state index contributed by atoms with van der Waals surface area (Å²) in [5, 5.41) is 2.94. The maximum Gasteiger partial charge on any atom is 0.220 e. The first-order valence-electron chi connectivity index (χ1n) is 9.27. The molecule has 1 atom stereocenters. The highest BCUT2D eigenvalue weighted by molar-refractivity contribution is 5.76. The van der Waals surface area contributed by atoms with Crippen molar-refractivity contribution < 1.29 is 19.0 Å². The number of carbonyl (C=O) groups is 1. The van der Waals surface area contributed by atoms with Crippen molar-refractivity contribution in [3.8, 4) is 11.5 Å². The molecule has 0 radical (unpaired) electrons. The van der Waals surface area contributed by atoms with Crippen molar-refractivity contribution >= 4 is 5.91 Å². The Bertz CT molecular complexity index is 680. The molecule has 0 heterocycles. The number of methoxy groups -OCH3 is 2. The van der Waals surface area contributed by atoms with E-state index >= 15 is 0 Å². The van der Waals surface area contributed by atoms with E-state index in [4.69, 9.17) is 14.2 Å². The fourth-order valence-corrected chi connectivity index (χ4v) is 2.74. The Balaban J connectivity index is 1.64. The van der Waals surface area contributed by atoms with Crippen LogP contribution >= 0.6 is 0 Å². The second-order valence-corrected chi connectivity index (χ2v) is 6.35. The summed E-state index contributed by atoms with van der Waals surface area (Å²) in [6, 6.07) is 15.8. The molecule has 0 aromatic heterocycles. The number of rotatable bonds is 11. The molecule has 5 nitrogen and oxygen atoms in total. The van der Waals surface area contributed by atoms with Gasteiger partial charge >= 0.3 is 0 Å². The van der Waals surface area contributed by atoms with Crippen LogP contribution in [0.2, 0.25) is 0 Å². The molecular formula is C22H29NO4. The van der Waals surface area contributed by atoms with Crippen LogP contribution in [0.5, 0.6) is 11.5 Å². The Labute approximate surface area is 161 Å². The average molecular weight is 371 g/mol. The fourth-order valence-electron chi connectivity index (χ4n) is 2.74. The van der Waals surface area contributed by atoms with Gasteiger partial charge in [-0.25, -0.2) is 0 Å². The third-order valence-corrected chi connectivity index (χ3v) is 4.33. The standard InChI is InChI=1S/C22H29NO4/c1-17(19-8-5-4-6-9-19)27-13-7-12-23-22(24)11-10-18-14-20(25-2)16-21(15-18)26-3/h4-6,8-9,14-17H,7,10-13H2,1-3H3,(H,23,24). The molecule has 1 N–H and O–H groups in total. The Morgan fingerprint density at radius 1 is 1.04 bits per heavy atom. The summed E-state index contributed by atoms with van der Waals surface area (Å²) in [5.74, 6) is 1.50. The van der Waals surface area contributed by atoms with E-state index in [-0.39, 0.29) is 12.0 Å². The van der Waals surface area contributed by atoms with Crippen LogP contribution < -0.4 is 14.8 Å². The van der Waals surface area contributed by atoms with Gasteiger partial charge in [0.05, 0.1) is 20.3 Å². The van der Waals surface area contributed by atoms with E-state index in [2.05, 4.69) is 17.4 Å². The van der Waals surface area contributed by atoms with Crippen molar-refractivity contribution in [3.05, 3.63) is 59.7 Å². The highest BCUT2D eigenvalue weighted by atomic mass is 16.5. The van der Waals surface area contributed by atoms with Crippen LogP contribution in [-0.2, 0) is 16.0 Å². The number of hydrogen-bond donors (Lipinski definition) is 1. The molecule has 1 unspecified atom stereocenters. The molecule has 0 saturated heterocycles. The lowest BCUT2D eigenvalue weighted by molar-refractivity contribution is -0.121. The van der Waals surface area contributed by atoms with Gasteiger partial charge in [0.15, 0.2) is 0 Å². The summed E-state index contributed by atoms with van der Waals surface area (Å²) < 4.78 is 16.3. The smallest absolute Gasteiger partial charge is 0.220 e. The number of aryl methyl sites for hydroxylation is 1. The first-order chi connectivity index (χ1) is 13.1. The molecule has 0 saturated carbocycles. The lowest BCUT2D eigenvalue weighted by Gasteiger charge is -2.13. The molecule has 146 valence electrons. The average Bonchev–Trinajstić information content (AvgIpc) is 2.72. The van der Waals surface area contributed by atoms with Crippen LogP contribution in [0.4, 0.5) is 0 Å². The molecule has 1 amide bonds. The third-order valence-electron chi connectivity index (χ3n) is 4.33. The Morgan fingerprint density at radius 3 is 2.33 bits per heavy atom. The molecule has 2 aromatic carbocycles. The zero-order valence-corrected chi connectivity index (χ0v) is 16.4. The normalized spacial score (nSPS) is 11.7. The Hall–Kier alpha value is -2.53. The molecule has 5 heteroatoms. The molecule has 0 aliphatic carbocycles. The highest BCUT2D eigenvalue weighted by Crippen LogP contribution is 2.23. The van der Waals surface area contributed by atoms with E-state index in [0.29, 0.717) is 26.0 Å². The van der Waals surface area contributed by atoms with Crippen molar-refractivity contribution in [1.82, 2.24) is 5.32 Å². The van der Waals surface area contributed by atoms with Crippen molar-refractivity contribution in [2.24, 2.45) is 0 Å². The zero-order chi connectivity index (χ0) is 19.5. The van der Waals surface area contributed by atoms with E-state index in [1.54, 1.807) is 14.2 Å². The van der Waals surface area contributed by atoms with Gasteiger partial charge in [-0.1, -0.05) is 30.3 Å². The van der Waals surface area contributed by atoms with Gasteiger partial charge < -0.3 is 19.5 Å². The van der Waals surface area contributed by atoms with Crippen molar-refractivity contribution in [2.75, 3.05) is 27.4 Å². The molecule has 0 aliphatic heterocycles. The molecule has 0 aliphatic rings. The van der Waals surface area contributed by atoms with Crippen molar-refractivity contribution in [2.45, 2.75) is 32.3 Å². The predicted molar refractivity (Wildman–Crippen MR) is 106 cm³/mol. The molecule has 2 rings (SSSR count). The summed E-state index contributed by atoms with van der Waals surface area (Å²) >= 11 is 0. The first kappa shape index (κ1) is 20.8. The molecule has 0 bridgehead atoms. The molecule has 27 heavy (non-hydrogen) atoms. The number of nitrogens with one attached hydrogen (secondary N) is 1. The number of carbonyl (C=O) groups excluding carboxylic acids is 1. The maximum atomic E-state index is 12.0. The molecule has 0 fully saturated rings. The van der Waals surface area contributed by atoms with Gasteiger partial charge in [-0.3, -0.25) is 4.79 Å². The number of ether oxygens (including phenoxy) is 3. The van der Waals surface area contributed by atoms with Gasteiger partial charge in [0.1, 0.15) is 11.5 Å². The lowest BCUT2D eigenvalue weighted by Crippen LogP contribution is -2.25. The summed E-state index contributed by atoms with van der Waals surface area (Å²) in [4.78, 5) is 12.0. The van der Waals surface area contributed by atoms with E-state index in [0.717, 1.165) is 29.0 Å². The number of benzene rings is 2. The van der Waals surface area contributed by atoms with Gasteiger partial charge in [-0.05, 0) is 43.0 Å². The minimum absolute atomic E-state index is 0.0351. The van der Waals surface area contributed by atoms with Crippen LogP contribution in [0, 0.1) is 0 Å². The largest absolute Gasteiger partial charge is 0.497 e. The monoisotopic (exact) mass is 371 g/mol. The number of hydrogen-bond acceptors (Lipinski definition) is 4. The van der Waals surface area contributed by atoms with Gasteiger partial charge in [0.2, 0.25) is 5.91 Å². The highest BCUT2D eigenvalue weighted by Gasteiger charge is 2.07. The topological polar surface area (TPSA) is 56.8 Å². The van der Waals surface area contributed by atoms with Gasteiger partial charge in [-0.15, -0.1) is 0 Å². The molecule has 0 spiro atoms. The van der Waals surface area contributed by atoms with E-state index < -0.39 is 0 Å². The van der Waals surface area contributed by atoms with E-state index in [1.807, 2.05) is 43.3 Å². The summed E-state index contributed by atoms with van der Waals surface area (Å²) in [6.07, 6.45) is 1.92. The number of amides is 1. The Kier molecular flexibility index (Phi) is 8.65. The van der Waals surface area contributed by atoms with Crippen LogP contribution in [0.3, 0.4) is 0 Å². The molecule has 2 aromatic rings. The quantitative estimate of drug-likeness (QED) is 0.608. The van der Waals surface area contributed by atoms with Gasteiger partial charge in [0, 0.05) is 25.6 Å². The van der Waals surface area contributed by atoms with Crippen LogP contribution in [-0.4, -0.2) is 33.3 Å². The molecular weight excluding hydrogens is 342 g/mol. The van der Waals surface area contributed by atoms with Crippen LogP contribution in [0.15, 0.2) is 48.5 Å². The van der Waals surface area contributed by atoms with Crippen LogP contribution in [0.1, 0.15) is 37.0 Å². The van der Waals surface area contributed by atoms with Crippen molar-refractivity contribution in [3.63, 3.8) is 0 Å². The second-order valence-electron chi connectivity index (χ2n) is 6.35. The van der Waals surface area contributed by atoms with Gasteiger partial charge in [-0.2, -0.15) is 0 Å². The fraction of sp³-hybridized carbons (Fsp3) is 0.409. The van der Waals surface area contributed by atoms with Crippen molar-refractivity contribution in [1.29, 1.82) is 0 Å². The van der Waals surface area contributed by atoms with Gasteiger partial charge in [0.25, 0.3) is 0 Å². The third kappa shape index (κ3) is 7.31. The Morgan fingerprint density at radius 2 is 1.70 bits per heavy atom. The van der Waals surface area contributed by atoms with Crippen LogP contribution in [0.25, 0.3) is 0 Å². The first-order valence-corrected chi connectivity index (χ1v) is 9.27. The summed E-state index contributed by atoms with van der Waals surface area (Å²) in [7, 11) is 3.23. The van der Waals surface area contributed by atoms with E-state index in [9.17, 15) is 4.79 Å². The zero-order valence-electron chi connectivity index (χ0n) is 16.4. The lowest BCUT2D eigenvalue weighted by atomic mass is 10.1. The summed E-state index contributed by atoms with van der Waals surface area (Å²) in [5.41, 5.74) is 2.18. The SMILES string of the molecule is COc1cc(CCC(=O)NCCCOC(C)c2ccccc2)cc(OC)c1.